The minimum Gasteiger partial charge on any atom is -0.366 e. The molecular weight excluding hydrogens is 438 g/mol. The highest BCUT2D eigenvalue weighted by Crippen LogP contribution is 2.34. The molecule has 5 rings (SSSR count). The molecule has 3 aromatic heterocycles. The normalized spacial score (nSPS) is 11.4. The van der Waals surface area contributed by atoms with Crippen molar-refractivity contribution in [1.82, 2.24) is 19.5 Å². The Balaban J connectivity index is 1.92. The molecule has 5 aromatic rings. The van der Waals surface area contributed by atoms with Crippen molar-refractivity contribution in [1.29, 1.82) is 0 Å². The molecule has 6 nitrogen and oxygen atoms in total. The van der Waals surface area contributed by atoms with Gasteiger partial charge in [0.25, 0.3) is 5.91 Å². The number of primary amides is 1. The van der Waals surface area contributed by atoms with E-state index in [0.717, 1.165) is 18.3 Å². The summed E-state index contributed by atoms with van der Waals surface area (Å²) in [5.74, 6) is -4.49. The SMILES string of the molecule is Cc1nc2c(C(N)=O)cc(-c3ccnc(F)c3F)cc2n1-c1ccnc2c(F)ccc(F)c12. The summed E-state index contributed by atoms with van der Waals surface area (Å²) >= 11 is 0. The molecule has 0 bridgehead atoms. The second-order valence-corrected chi connectivity index (χ2v) is 7.30. The average Bonchev–Trinajstić information content (AvgIpc) is 3.12. The van der Waals surface area contributed by atoms with Gasteiger partial charge in [0.05, 0.1) is 22.2 Å². The molecule has 0 spiro atoms. The number of hydrogen-bond donors (Lipinski definition) is 1. The van der Waals surface area contributed by atoms with E-state index in [9.17, 15) is 22.4 Å². The number of nitrogens with zero attached hydrogens (tertiary/aromatic N) is 4. The van der Waals surface area contributed by atoms with Gasteiger partial charge in [-0.3, -0.25) is 14.3 Å². The van der Waals surface area contributed by atoms with Crippen LogP contribution in [0.15, 0.2) is 48.8 Å². The fraction of sp³-hybridized carbons (Fsp3) is 0.0435. The first-order valence-electron chi connectivity index (χ1n) is 9.64. The van der Waals surface area contributed by atoms with Crippen LogP contribution in [-0.2, 0) is 0 Å². The van der Waals surface area contributed by atoms with E-state index in [-0.39, 0.29) is 44.3 Å². The van der Waals surface area contributed by atoms with Gasteiger partial charge in [0, 0.05) is 18.0 Å². The van der Waals surface area contributed by atoms with Gasteiger partial charge in [0.2, 0.25) is 5.95 Å². The van der Waals surface area contributed by atoms with Gasteiger partial charge in [0.15, 0.2) is 5.82 Å². The monoisotopic (exact) mass is 451 g/mol. The Kier molecular flexibility index (Phi) is 4.59. The maximum Gasteiger partial charge on any atom is 0.250 e. The van der Waals surface area contributed by atoms with Gasteiger partial charge in [0.1, 0.15) is 28.5 Å². The number of rotatable bonds is 3. The van der Waals surface area contributed by atoms with E-state index >= 15 is 0 Å². The molecule has 10 heteroatoms. The van der Waals surface area contributed by atoms with Gasteiger partial charge in [-0.25, -0.2) is 23.1 Å². The van der Waals surface area contributed by atoms with Crippen LogP contribution in [0, 0.1) is 30.3 Å². The molecule has 0 aliphatic heterocycles. The molecule has 0 radical (unpaired) electrons. The molecule has 0 fully saturated rings. The van der Waals surface area contributed by atoms with Crippen molar-refractivity contribution >= 4 is 27.8 Å². The maximum atomic E-state index is 14.8. The third-order valence-corrected chi connectivity index (χ3v) is 5.36. The van der Waals surface area contributed by atoms with E-state index in [2.05, 4.69) is 15.0 Å². The first kappa shape index (κ1) is 20.6. The standard InChI is InChI=1S/C23H13F4N5O/c1-10-31-20-13(23(28)33)8-11(12-4-6-30-22(27)19(12)26)9-17(20)32(10)16-5-7-29-21-15(25)3-2-14(24)18(16)21/h2-9H,1H3,(H2,28,33). The van der Waals surface area contributed by atoms with E-state index in [1.807, 2.05) is 0 Å². The number of aryl methyl sites for hydroxylation is 1. The van der Waals surface area contributed by atoms with Crippen LogP contribution < -0.4 is 5.73 Å². The number of carbonyl (C=O) groups is 1. The van der Waals surface area contributed by atoms with Gasteiger partial charge >= 0.3 is 0 Å². The molecule has 0 atom stereocenters. The van der Waals surface area contributed by atoms with Gasteiger partial charge in [-0.1, -0.05) is 0 Å². The predicted molar refractivity (Wildman–Crippen MR) is 113 cm³/mol. The molecule has 1 amide bonds. The summed E-state index contributed by atoms with van der Waals surface area (Å²) in [4.78, 5) is 23.8. The van der Waals surface area contributed by atoms with Crippen molar-refractivity contribution in [3.8, 4) is 16.8 Å². The fourth-order valence-electron chi connectivity index (χ4n) is 3.94. The highest BCUT2D eigenvalue weighted by atomic mass is 19.2. The maximum absolute atomic E-state index is 14.8. The summed E-state index contributed by atoms with van der Waals surface area (Å²) < 4.78 is 58.9. The summed E-state index contributed by atoms with van der Waals surface area (Å²) in [5, 5.41) is -0.105. The summed E-state index contributed by atoms with van der Waals surface area (Å²) in [6.45, 7) is 1.60. The Morgan fingerprint density at radius 1 is 0.939 bits per heavy atom. The van der Waals surface area contributed by atoms with Crippen LogP contribution in [0.1, 0.15) is 16.2 Å². The molecule has 33 heavy (non-hydrogen) atoms. The van der Waals surface area contributed by atoms with E-state index < -0.39 is 29.3 Å². The van der Waals surface area contributed by atoms with Gasteiger partial charge in [-0.2, -0.15) is 4.39 Å². The average molecular weight is 451 g/mol. The Morgan fingerprint density at radius 2 is 1.67 bits per heavy atom. The third-order valence-electron chi connectivity index (χ3n) is 5.36. The second kappa shape index (κ2) is 7.37. The number of carbonyl (C=O) groups excluding carboxylic acids is 1. The first-order chi connectivity index (χ1) is 15.8. The molecule has 0 unspecified atom stereocenters. The Bertz CT molecular complexity index is 1610. The van der Waals surface area contributed by atoms with Crippen molar-refractivity contribution < 1.29 is 22.4 Å². The summed E-state index contributed by atoms with van der Waals surface area (Å²) in [7, 11) is 0. The highest BCUT2D eigenvalue weighted by Gasteiger charge is 2.22. The van der Waals surface area contributed by atoms with E-state index in [1.54, 1.807) is 6.92 Å². The van der Waals surface area contributed by atoms with Crippen LogP contribution in [0.3, 0.4) is 0 Å². The Hall–Kier alpha value is -4.34. The summed E-state index contributed by atoms with van der Waals surface area (Å²) in [6.07, 6.45) is 2.39. The van der Waals surface area contributed by atoms with Crippen LogP contribution in [0.2, 0.25) is 0 Å². The third kappa shape index (κ3) is 3.10. The first-order valence-corrected chi connectivity index (χ1v) is 9.64. The molecule has 0 saturated heterocycles. The molecule has 0 aliphatic rings. The number of benzene rings is 2. The van der Waals surface area contributed by atoms with E-state index in [1.165, 1.54) is 35.0 Å². The van der Waals surface area contributed by atoms with Crippen LogP contribution >= 0.6 is 0 Å². The van der Waals surface area contributed by atoms with Crippen molar-refractivity contribution in [2.24, 2.45) is 5.73 Å². The lowest BCUT2D eigenvalue weighted by Crippen LogP contribution is -2.12. The topological polar surface area (TPSA) is 86.7 Å². The van der Waals surface area contributed by atoms with Crippen LogP contribution in [0.5, 0.6) is 0 Å². The quantitative estimate of drug-likeness (QED) is 0.321. The van der Waals surface area contributed by atoms with Gasteiger partial charge < -0.3 is 5.73 Å². The highest BCUT2D eigenvalue weighted by molar-refractivity contribution is 6.07. The summed E-state index contributed by atoms with van der Waals surface area (Å²) in [6, 6.07) is 7.41. The van der Waals surface area contributed by atoms with Crippen LogP contribution in [0.25, 0.3) is 38.8 Å². The van der Waals surface area contributed by atoms with Crippen LogP contribution in [-0.4, -0.2) is 25.4 Å². The Labute approximate surface area is 183 Å². The van der Waals surface area contributed by atoms with Crippen molar-refractivity contribution in [2.75, 3.05) is 0 Å². The lowest BCUT2D eigenvalue weighted by molar-refractivity contribution is 0.100. The zero-order chi connectivity index (χ0) is 23.4. The fourth-order valence-corrected chi connectivity index (χ4v) is 3.94. The molecule has 164 valence electrons. The van der Waals surface area contributed by atoms with E-state index in [0.29, 0.717) is 5.82 Å². The summed E-state index contributed by atoms with van der Waals surface area (Å²) in [5.41, 5.74) is 5.89. The number of amides is 1. The second-order valence-electron chi connectivity index (χ2n) is 7.30. The number of fused-ring (bicyclic) bond motifs is 2. The number of halogens is 4. The number of nitrogens with two attached hydrogens (primary N) is 1. The predicted octanol–water partition coefficient (Wildman–Crippen LogP) is 4.60. The molecule has 3 heterocycles. The number of hydrogen-bond acceptors (Lipinski definition) is 4. The number of pyridine rings is 2. The van der Waals surface area contributed by atoms with Gasteiger partial charge in [-0.15, -0.1) is 0 Å². The van der Waals surface area contributed by atoms with Crippen molar-refractivity contribution in [3.05, 3.63) is 83.6 Å². The van der Waals surface area contributed by atoms with Crippen molar-refractivity contribution in [2.45, 2.75) is 6.92 Å². The number of imidazole rings is 1. The molecular formula is C23H13F4N5O. The minimum atomic E-state index is -1.31. The zero-order valence-corrected chi connectivity index (χ0v) is 16.9. The van der Waals surface area contributed by atoms with Crippen molar-refractivity contribution in [3.63, 3.8) is 0 Å². The largest absolute Gasteiger partial charge is 0.366 e. The molecule has 2 N–H and O–H groups in total. The smallest absolute Gasteiger partial charge is 0.250 e. The number of aromatic nitrogens is 4. The molecule has 2 aromatic carbocycles. The van der Waals surface area contributed by atoms with Crippen LogP contribution in [0.4, 0.5) is 17.6 Å². The Morgan fingerprint density at radius 3 is 2.42 bits per heavy atom. The molecule has 0 aliphatic carbocycles. The molecule has 0 saturated carbocycles. The minimum absolute atomic E-state index is 0.0500. The lowest BCUT2D eigenvalue weighted by Gasteiger charge is -2.13. The lowest BCUT2D eigenvalue weighted by atomic mass is 10.0. The zero-order valence-electron chi connectivity index (χ0n) is 16.9. The van der Waals surface area contributed by atoms with E-state index in [4.69, 9.17) is 5.73 Å². The van der Waals surface area contributed by atoms with Gasteiger partial charge in [-0.05, 0) is 48.9 Å².